The lowest BCUT2D eigenvalue weighted by Crippen LogP contribution is -2.27. The number of benzene rings is 1. The monoisotopic (exact) mass is 219 g/mol. The van der Waals surface area contributed by atoms with Crippen LogP contribution in [-0.4, -0.2) is 13.2 Å². The van der Waals surface area contributed by atoms with Crippen LogP contribution in [0.2, 0.25) is 0 Å². The fourth-order valence-corrected chi connectivity index (χ4v) is 2.27. The van der Waals surface area contributed by atoms with Gasteiger partial charge in [-0.1, -0.05) is 38.5 Å². The molecule has 0 radical (unpaired) electrons. The summed E-state index contributed by atoms with van der Waals surface area (Å²) in [6.07, 6.45) is 2.56. The summed E-state index contributed by atoms with van der Waals surface area (Å²) in [6.45, 7) is 6.40. The minimum atomic E-state index is 0.385. The molecule has 2 heteroatoms. The van der Waals surface area contributed by atoms with Gasteiger partial charge in [0.2, 0.25) is 0 Å². The van der Waals surface area contributed by atoms with Gasteiger partial charge in [0.05, 0.1) is 6.04 Å². The molecule has 0 saturated heterocycles. The summed E-state index contributed by atoms with van der Waals surface area (Å²) in [5.41, 5.74) is 1.31. The van der Waals surface area contributed by atoms with E-state index < -0.39 is 0 Å². The third kappa shape index (κ3) is 2.56. The third-order valence-electron chi connectivity index (χ3n) is 3.19. The van der Waals surface area contributed by atoms with Crippen molar-refractivity contribution in [1.82, 2.24) is 5.32 Å². The minimum absolute atomic E-state index is 0.385. The number of rotatable bonds is 5. The highest BCUT2D eigenvalue weighted by molar-refractivity contribution is 5.39. The van der Waals surface area contributed by atoms with E-state index in [1.165, 1.54) is 18.4 Å². The van der Waals surface area contributed by atoms with Crippen molar-refractivity contribution < 1.29 is 4.74 Å². The largest absolute Gasteiger partial charge is 0.491 e. The van der Waals surface area contributed by atoms with Crippen LogP contribution >= 0.6 is 0 Å². The molecule has 0 bridgehead atoms. The molecule has 1 N–H and O–H groups in total. The fourth-order valence-electron chi connectivity index (χ4n) is 2.27. The topological polar surface area (TPSA) is 21.3 Å². The van der Waals surface area contributed by atoms with Gasteiger partial charge in [-0.15, -0.1) is 0 Å². The maximum atomic E-state index is 5.64. The number of ether oxygens (including phenoxy) is 1. The Morgan fingerprint density at radius 1 is 1.44 bits per heavy atom. The first-order valence-corrected chi connectivity index (χ1v) is 6.26. The van der Waals surface area contributed by atoms with Crippen LogP contribution in [0.1, 0.15) is 38.3 Å². The standard InChI is InChI=1S/C14H21NO/c1-3-6-11(2)9-15-13-10-16-14-8-5-4-7-12(13)14/h4-5,7-8,11,13,15H,3,6,9-10H2,1-2H3. The van der Waals surface area contributed by atoms with E-state index in [4.69, 9.17) is 4.74 Å². The Morgan fingerprint density at radius 2 is 2.25 bits per heavy atom. The van der Waals surface area contributed by atoms with E-state index in [9.17, 15) is 0 Å². The number of hydrogen-bond acceptors (Lipinski definition) is 2. The van der Waals surface area contributed by atoms with Crippen molar-refractivity contribution in [3.05, 3.63) is 29.8 Å². The van der Waals surface area contributed by atoms with E-state index >= 15 is 0 Å². The van der Waals surface area contributed by atoms with E-state index in [0.29, 0.717) is 6.04 Å². The van der Waals surface area contributed by atoms with Crippen molar-refractivity contribution in [2.45, 2.75) is 32.7 Å². The maximum Gasteiger partial charge on any atom is 0.124 e. The molecule has 0 aliphatic carbocycles. The quantitative estimate of drug-likeness (QED) is 0.821. The summed E-state index contributed by atoms with van der Waals surface area (Å²) in [4.78, 5) is 0. The lowest BCUT2D eigenvalue weighted by molar-refractivity contribution is 0.303. The number of nitrogens with one attached hydrogen (secondary N) is 1. The Morgan fingerprint density at radius 3 is 3.06 bits per heavy atom. The maximum absolute atomic E-state index is 5.64. The molecule has 1 aliphatic rings. The molecular weight excluding hydrogens is 198 g/mol. The second kappa shape index (κ2) is 5.35. The molecule has 0 fully saturated rings. The highest BCUT2D eigenvalue weighted by Gasteiger charge is 2.22. The average molecular weight is 219 g/mol. The summed E-state index contributed by atoms with van der Waals surface area (Å²) < 4.78 is 5.64. The Labute approximate surface area is 98.0 Å². The Kier molecular flexibility index (Phi) is 3.83. The zero-order valence-electron chi connectivity index (χ0n) is 10.2. The summed E-state index contributed by atoms with van der Waals surface area (Å²) in [5, 5.41) is 3.60. The van der Waals surface area contributed by atoms with Gasteiger partial charge in [-0.05, 0) is 24.9 Å². The predicted octanol–water partition coefficient (Wildman–Crippen LogP) is 3.15. The third-order valence-corrected chi connectivity index (χ3v) is 3.19. The van der Waals surface area contributed by atoms with Gasteiger partial charge >= 0.3 is 0 Å². The molecule has 0 aromatic heterocycles. The van der Waals surface area contributed by atoms with E-state index in [-0.39, 0.29) is 0 Å². The molecule has 2 unspecified atom stereocenters. The zero-order chi connectivity index (χ0) is 11.4. The molecule has 0 saturated carbocycles. The van der Waals surface area contributed by atoms with Crippen molar-refractivity contribution in [2.24, 2.45) is 5.92 Å². The van der Waals surface area contributed by atoms with E-state index in [0.717, 1.165) is 24.8 Å². The second-order valence-electron chi connectivity index (χ2n) is 4.70. The van der Waals surface area contributed by atoms with E-state index in [1.54, 1.807) is 0 Å². The highest BCUT2D eigenvalue weighted by Crippen LogP contribution is 2.31. The van der Waals surface area contributed by atoms with Crippen LogP contribution in [0.4, 0.5) is 0 Å². The molecule has 16 heavy (non-hydrogen) atoms. The minimum Gasteiger partial charge on any atom is -0.491 e. The van der Waals surface area contributed by atoms with Crippen molar-refractivity contribution in [3.8, 4) is 5.75 Å². The molecule has 2 nitrogen and oxygen atoms in total. The Balaban J connectivity index is 1.88. The van der Waals surface area contributed by atoms with Crippen molar-refractivity contribution in [1.29, 1.82) is 0 Å². The molecule has 1 aromatic rings. The number of hydrogen-bond donors (Lipinski definition) is 1. The fraction of sp³-hybridized carbons (Fsp3) is 0.571. The van der Waals surface area contributed by atoms with Crippen molar-refractivity contribution in [2.75, 3.05) is 13.2 Å². The zero-order valence-corrected chi connectivity index (χ0v) is 10.2. The first-order valence-electron chi connectivity index (χ1n) is 6.26. The lowest BCUT2D eigenvalue weighted by atomic mass is 10.0. The predicted molar refractivity (Wildman–Crippen MR) is 66.8 cm³/mol. The average Bonchev–Trinajstić information content (AvgIpc) is 2.70. The molecule has 0 amide bonds. The summed E-state index contributed by atoms with van der Waals surface area (Å²) >= 11 is 0. The molecule has 1 heterocycles. The highest BCUT2D eigenvalue weighted by atomic mass is 16.5. The van der Waals surface area contributed by atoms with Crippen molar-refractivity contribution in [3.63, 3.8) is 0 Å². The van der Waals surface area contributed by atoms with E-state index in [1.807, 2.05) is 12.1 Å². The normalized spacial score (nSPS) is 20.2. The van der Waals surface area contributed by atoms with Gasteiger partial charge in [0.1, 0.15) is 12.4 Å². The molecule has 2 rings (SSSR count). The van der Waals surface area contributed by atoms with Gasteiger partial charge in [-0.2, -0.15) is 0 Å². The Bertz CT molecular complexity index is 337. The molecular formula is C14H21NO. The smallest absolute Gasteiger partial charge is 0.124 e. The van der Waals surface area contributed by atoms with Crippen LogP contribution in [-0.2, 0) is 0 Å². The lowest BCUT2D eigenvalue weighted by Gasteiger charge is -2.15. The summed E-state index contributed by atoms with van der Waals surface area (Å²) in [6, 6.07) is 8.70. The van der Waals surface area contributed by atoms with Crippen LogP contribution in [0.5, 0.6) is 5.75 Å². The van der Waals surface area contributed by atoms with Crippen LogP contribution in [0.3, 0.4) is 0 Å². The van der Waals surface area contributed by atoms with Crippen LogP contribution in [0.25, 0.3) is 0 Å². The van der Waals surface area contributed by atoms with Crippen LogP contribution < -0.4 is 10.1 Å². The number of para-hydroxylation sites is 1. The first kappa shape index (κ1) is 11.5. The van der Waals surface area contributed by atoms with E-state index in [2.05, 4.69) is 31.3 Å². The van der Waals surface area contributed by atoms with Gasteiger partial charge in [0.25, 0.3) is 0 Å². The second-order valence-corrected chi connectivity index (χ2v) is 4.70. The molecule has 2 atom stereocenters. The van der Waals surface area contributed by atoms with Crippen molar-refractivity contribution >= 4 is 0 Å². The molecule has 1 aromatic carbocycles. The SMILES string of the molecule is CCCC(C)CNC1COc2ccccc21. The van der Waals surface area contributed by atoms with Gasteiger partial charge in [-0.3, -0.25) is 0 Å². The van der Waals surface area contributed by atoms with Gasteiger partial charge in [-0.25, -0.2) is 0 Å². The first-order chi connectivity index (χ1) is 7.81. The number of fused-ring (bicyclic) bond motifs is 1. The summed E-state index contributed by atoms with van der Waals surface area (Å²) in [5.74, 6) is 1.79. The van der Waals surface area contributed by atoms with Crippen LogP contribution in [0, 0.1) is 5.92 Å². The van der Waals surface area contributed by atoms with Gasteiger partial charge in [0.15, 0.2) is 0 Å². The molecule has 88 valence electrons. The molecule has 1 aliphatic heterocycles. The Hall–Kier alpha value is -1.02. The van der Waals surface area contributed by atoms with Gasteiger partial charge < -0.3 is 10.1 Å². The van der Waals surface area contributed by atoms with Gasteiger partial charge in [0, 0.05) is 5.56 Å². The van der Waals surface area contributed by atoms with Crippen LogP contribution in [0.15, 0.2) is 24.3 Å². The summed E-state index contributed by atoms with van der Waals surface area (Å²) in [7, 11) is 0. The molecule has 0 spiro atoms.